The van der Waals surface area contributed by atoms with Crippen LogP contribution in [0, 0.1) is 6.92 Å². The summed E-state index contributed by atoms with van der Waals surface area (Å²) >= 11 is 0. The summed E-state index contributed by atoms with van der Waals surface area (Å²) in [6.07, 6.45) is 1.95. The average molecular weight is 580 g/mol. The second-order valence-corrected chi connectivity index (χ2v) is 10.1. The highest BCUT2D eigenvalue weighted by Crippen LogP contribution is 2.22. The molecule has 1 aliphatic rings. The molecule has 2 aromatic carbocycles. The number of aryl methyl sites for hydroxylation is 1. The molecule has 0 radical (unpaired) electrons. The van der Waals surface area contributed by atoms with Gasteiger partial charge in [-0.25, -0.2) is 9.67 Å². The third-order valence-corrected chi connectivity index (χ3v) is 6.83. The summed E-state index contributed by atoms with van der Waals surface area (Å²) < 4.78 is 13.0. The minimum absolute atomic E-state index is 0.0748. The van der Waals surface area contributed by atoms with E-state index < -0.39 is 24.0 Å². The van der Waals surface area contributed by atoms with Crippen LogP contribution in [0.25, 0.3) is 0 Å². The Bertz CT molecular complexity index is 1380. The number of aliphatic hydroxyl groups excluding tert-OH is 1. The van der Waals surface area contributed by atoms with E-state index in [1.165, 1.54) is 13.3 Å². The molecule has 0 spiro atoms. The molecule has 2 atom stereocenters. The number of methoxy groups -OCH3 is 1. The van der Waals surface area contributed by atoms with Crippen LogP contribution >= 0.6 is 0 Å². The zero-order chi connectivity index (χ0) is 30.1. The fraction of sp³-hybridized carbons (Fsp3) is 0.414. The van der Waals surface area contributed by atoms with Gasteiger partial charge in [0.25, 0.3) is 5.91 Å². The molecular weight excluding hydrogens is 542 g/mol. The molecule has 0 fully saturated rings. The van der Waals surface area contributed by atoms with Crippen molar-refractivity contribution < 1.29 is 29.0 Å². The number of hydrogen-bond donors (Lipinski definition) is 4. The zero-order valence-corrected chi connectivity index (χ0v) is 24.0. The highest BCUT2D eigenvalue weighted by molar-refractivity contribution is 5.98. The molecule has 0 unspecified atom stereocenters. The van der Waals surface area contributed by atoms with Crippen molar-refractivity contribution in [3.63, 3.8) is 0 Å². The number of hydrogen-bond acceptors (Lipinski definition) is 9. The van der Waals surface area contributed by atoms with Gasteiger partial charge in [0.05, 0.1) is 32.8 Å². The predicted octanol–water partition coefficient (Wildman–Crippen LogP) is 0.250. The Hall–Kier alpha value is -4.49. The number of fused-ring (bicyclic) bond motifs is 2. The molecule has 42 heavy (non-hydrogen) atoms. The smallest absolute Gasteiger partial charge is 0.252 e. The summed E-state index contributed by atoms with van der Waals surface area (Å²) in [5.41, 5.74) is 2.93. The number of aliphatic hydroxyl groups is 1. The molecule has 13 heteroatoms. The second-order valence-electron chi connectivity index (χ2n) is 10.1. The molecule has 4 rings (SSSR count). The van der Waals surface area contributed by atoms with Gasteiger partial charge in [0.2, 0.25) is 11.8 Å². The fourth-order valence-electron chi connectivity index (χ4n) is 4.60. The largest absolute Gasteiger partial charge is 0.496 e. The molecule has 3 aromatic rings. The summed E-state index contributed by atoms with van der Waals surface area (Å²) in [5, 5.41) is 22.7. The van der Waals surface area contributed by atoms with Crippen LogP contribution in [0.4, 0.5) is 0 Å². The Morgan fingerprint density at radius 1 is 1.12 bits per heavy atom. The van der Waals surface area contributed by atoms with Crippen molar-refractivity contribution in [2.75, 3.05) is 39.9 Å². The summed E-state index contributed by atoms with van der Waals surface area (Å²) in [6, 6.07) is 9.55. The standard InChI is InChI=1S/C29H37N7O6/c1-19-4-6-22-13-25(19)42-11-9-31-26(38)16-35(10-8-32-29(40)27(20(2)37)34-28(22)39)14-21-5-7-24(41-3)23(12-21)15-36-18-30-17-33-36/h4-7,12-13,17-18,20,27,37H,8-11,14-16H2,1-3H3,(H,31,38)(H,32,40)(H,34,39)/t20-,27+/m1/s1. The van der Waals surface area contributed by atoms with E-state index in [1.807, 2.05) is 30.0 Å². The van der Waals surface area contributed by atoms with Gasteiger partial charge in [-0.3, -0.25) is 19.3 Å². The average Bonchev–Trinajstić information content (AvgIpc) is 3.47. The van der Waals surface area contributed by atoms with Crippen molar-refractivity contribution in [2.45, 2.75) is 39.1 Å². The van der Waals surface area contributed by atoms with Crippen LogP contribution in [0.2, 0.25) is 0 Å². The molecular formula is C29H37N7O6. The number of ether oxygens (including phenoxy) is 2. The third kappa shape index (κ3) is 8.27. The summed E-state index contributed by atoms with van der Waals surface area (Å²) in [7, 11) is 1.60. The Kier molecular flexibility index (Phi) is 10.5. The van der Waals surface area contributed by atoms with Crippen molar-refractivity contribution in [2.24, 2.45) is 0 Å². The van der Waals surface area contributed by atoms with Gasteiger partial charge >= 0.3 is 0 Å². The number of nitrogens with zero attached hydrogens (tertiary/aromatic N) is 4. The molecule has 0 saturated carbocycles. The lowest BCUT2D eigenvalue weighted by Gasteiger charge is -2.24. The maximum atomic E-state index is 13.0. The lowest BCUT2D eigenvalue weighted by atomic mass is 10.1. The maximum Gasteiger partial charge on any atom is 0.252 e. The fourth-order valence-corrected chi connectivity index (χ4v) is 4.60. The minimum Gasteiger partial charge on any atom is -0.496 e. The van der Waals surface area contributed by atoms with Crippen LogP contribution in [-0.2, 0) is 22.7 Å². The lowest BCUT2D eigenvalue weighted by molar-refractivity contribution is -0.125. The Balaban J connectivity index is 1.52. The first kappa shape index (κ1) is 30.5. The molecule has 224 valence electrons. The molecule has 0 aliphatic carbocycles. The van der Waals surface area contributed by atoms with Gasteiger partial charge in [-0.05, 0) is 49.2 Å². The van der Waals surface area contributed by atoms with Gasteiger partial charge in [0, 0.05) is 30.8 Å². The van der Waals surface area contributed by atoms with Crippen molar-refractivity contribution in [1.29, 1.82) is 0 Å². The number of carbonyl (C=O) groups excluding carboxylic acids is 3. The number of benzene rings is 2. The van der Waals surface area contributed by atoms with E-state index in [1.54, 1.807) is 36.3 Å². The van der Waals surface area contributed by atoms with Crippen LogP contribution in [0.3, 0.4) is 0 Å². The van der Waals surface area contributed by atoms with E-state index in [9.17, 15) is 19.5 Å². The Morgan fingerprint density at radius 2 is 1.95 bits per heavy atom. The lowest BCUT2D eigenvalue weighted by Crippen LogP contribution is -2.53. The Labute approximate surface area is 244 Å². The van der Waals surface area contributed by atoms with E-state index in [4.69, 9.17) is 9.47 Å². The Morgan fingerprint density at radius 3 is 2.69 bits per heavy atom. The van der Waals surface area contributed by atoms with E-state index in [0.29, 0.717) is 31.1 Å². The monoisotopic (exact) mass is 579 g/mol. The van der Waals surface area contributed by atoms with E-state index >= 15 is 0 Å². The van der Waals surface area contributed by atoms with Crippen LogP contribution in [0.1, 0.15) is 34.0 Å². The first-order valence-electron chi connectivity index (χ1n) is 13.7. The number of rotatable bonds is 6. The first-order chi connectivity index (χ1) is 20.2. The molecule has 0 saturated heterocycles. The van der Waals surface area contributed by atoms with Crippen molar-refractivity contribution in [1.82, 2.24) is 35.6 Å². The van der Waals surface area contributed by atoms with Gasteiger partial charge < -0.3 is 30.5 Å². The van der Waals surface area contributed by atoms with E-state index in [0.717, 1.165) is 16.7 Å². The van der Waals surface area contributed by atoms with Gasteiger partial charge in [-0.2, -0.15) is 5.10 Å². The first-order valence-corrected chi connectivity index (χ1v) is 13.7. The molecule has 2 bridgehead atoms. The predicted molar refractivity (Wildman–Crippen MR) is 153 cm³/mol. The van der Waals surface area contributed by atoms with Crippen molar-refractivity contribution in [3.8, 4) is 11.5 Å². The molecule has 2 heterocycles. The van der Waals surface area contributed by atoms with Gasteiger partial charge in [0.1, 0.15) is 36.8 Å². The van der Waals surface area contributed by atoms with Crippen molar-refractivity contribution in [3.05, 3.63) is 71.3 Å². The quantitative estimate of drug-likeness (QED) is 0.321. The molecule has 4 N–H and O–H groups in total. The number of nitrogens with one attached hydrogen (secondary N) is 3. The molecule has 1 aliphatic heterocycles. The molecule has 1 aromatic heterocycles. The third-order valence-electron chi connectivity index (χ3n) is 6.83. The van der Waals surface area contributed by atoms with Crippen LogP contribution in [0.5, 0.6) is 11.5 Å². The summed E-state index contributed by atoms with van der Waals surface area (Å²) in [5.74, 6) is -0.0525. The summed E-state index contributed by atoms with van der Waals surface area (Å²) in [6.45, 7) is 5.23. The van der Waals surface area contributed by atoms with Crippen LogP contribution in [0.15, 0.2) is 49.1 Å². The van der Waals surface area contributed by atoms with Gasteiger partial charge in [0.15, 0.2) is 0 Å². The van der Waals surface area contributed by atoms with Gasteiger partial charge in [-0.15, -0.1) is 0 Å². The zero-order valence-electron chi connectivity index (χ0n) is 24.0. The van der Waals surface area contributed by atoms with E-state index in [-0.39, 0.29) is 37.7 Å². The van der Waals surface area contributed by atoms with Gasteiger partial charge in [-0.1, -0.05) is 12.1 Å². The van der Waals surface area contributed by atoms with Crippen molar-refractivity contribution >= 4 is 17.7 Å². The topological polar surface area (TPSA) is 160 Å². The molecule has 3 amide bonds. The minimum atomic E-state index is -1.17. The van der Waals surface area contributed by atoms with Crippen LogP contribution in [-0.4, -0.2) is 94.5 Å². The number of aromatic nitrogens is 3. The second kappa shape index (κ2) is 14.4. The highest BCUT2D eigenvalue weighted by atomic mass is 16.5. The number of carbonyl (C=O) groups is 3. The van der Waals surface area contributed by atoms with Crippen LogP contribution < -0.4 is 25.4 Å². The van der Waals surface area contributed by atoms with E-state index in [2.05, 4.69) is 26.0 Å². The molecule has 13 nitrogen and oxygen atoms in total. The summed E-state index contributed by atoms with van der Waals surface area (Å²) in [4.78, 5) is 44.7. The highest BCUT2D eigenvalue weighted by Gasteiger charge is 2.26. The maximum absolute atomic E-state index is 13.0. The number of amides is 3. The normalized spacial score (nSPS) is 18.2. The SMILES string of the molecule is COc1ccc(CN2CCNC(=O)[C@H]([C@@H](C)O)NC(=O)c3ccc(C)c(c3)OCCNC(=O)C2)cc1Cn1cncn1.